The van der Waals surface area contributed by atoms with Crippen LogP contribution in [0.2, 0.25) is 0 Å². The highest BCUT2D eigenvalue weighted by atomic mass is 16.5. The minimum Gasteiger partial charge on any atom is -0.465 e. The van der Waals surface area contributed by atoms with Crippen molar-refractivity contribution in [2.75, 3.05) is 26.7 Å². The third kappa shape index (κ3) is 2.72. The van der Waals surface area contributed by atoms with E-state index in [1.54, 1.807) is 0 Å². The number of nitrogens with two attached hydrogens (primary N) is 1. The Labute approximate surface area is 143 Å². The van der Waals surface area contributed by atoms with Crippen LogP contribution >= 0.6 is 0 Å². The molecule has 0 unspecified atom stereocenters. The van der Waals surface area contributed by atoms with Gasteiger partial charge in [0.05, 0.1) is 18.2 Å². The molecule has 0 radical (unpaired) electrons. The normalized spacial score (nSPS) is 14.8. The van der Waals surface area contributed by atoms with Crippen molar-refractivity contribution in [3.63, 3.8) is 0 Å². The summed E-state index contributed by atoms with van der Waals surface area (Å²) in [5.41, 5.74) is 11.2. The third-order valence-electron chi connectivity index (χ3n) is 5.12. The summed E-state index contributed by atoms with van der Waals surface area (Å²) < 4.78 is 7.39. The Bertz CT molecular complexity index is 764. The summed E-state index contributed by atoms with van der Waals surface area (Å²) in [7, 11) is 1.45. The molecule has 0 amide bonds. The Morgan fingerprint density at radius 1 is 1.38 bits per heavy atom. The molecule has 0 spiro atoms. The van der Waals surface area contributed by atoms with E-state index in [2.05, 4.69) is 22.5 Å². The molecule has 2 heterocycles. The molecule has 0 saturated carbocycles. The van der Waals surface area contributed by atoms with E-state index in [4.69, 9.17) is 10.5 Å². The van der Waals surface area contributed by atoms with Crippen LogP contribution in [0.1, 0.15) is 40.5 Å². The standard InChI is InChI=1S/C19H27N3O2/c1-4-21-11-8-16-15(12-21)14-7-6-13(2)17(19(23)24-3)18(14)22(16)10-5-9-20/h6-7H,4-5,8-12,20H2,1-3H3. The molecule has 1 aromatic carbocycles. The molecule has 1 aliphatic heterocycles. The van der Waals surface area contributed by atoms with Crippen LogP contribution in [0, 0.1) is 6.92 Å². The van der Waals surface area contributed by atoms with Crippen LogP contribution in [0.5, 0.6) is 0 Å². The molecule has 0 atom stereocenters. The van der Waals surface area contributed by atoms with Gasteiger partial charge >= 0.3 is 5.97 Å². The molecular weight excluding hydrogens is 302 g/mol. The van der Waals surface area contributed by atoms with Crippen LogP contribution in [-0.4, -0.2) is 42.2 Å². The first-order valence-corrected chi connectivity index (χ1v) is 8.76. The first-order chi connectivity index (χ1) is 11.6. The second-order valence-electron chi connectivity index (χ2n) is 6.48. The molecule has 130 valence electrons. The van der Waals surface area contributed by atoms with Crippen LogP contribution in [0.3, 0.4) is 0 Å². The van der Waals surface area contributed by atoms with Gasteiger partial charge in [-0.25, -0.2) is 4.79 Å². The van der Waals surface area contributed by atoms with E-state index in [1.807, 2.05) is 13.0 Å². The average molecular weight is 329 g/mol. The van der Waals surface area contributed by atoms with Crippen molar-refractivity contribution < 1.29 is 9.53 Å². The van der Waals surface area contributed by atoms with Gasteiger partial charge in [-0.3, -0.25) is 4.90 Å². The molecule has 2 N–H and O–H groups in total. The van der Waals surface area contributed by atoms with E-state index >= 15 is 0 Å². The van der Waals surface area contributed by atoms with Crippen LogP contribution in [0.4, 0.5) is 0 Å². The Balaban J connectivity index is 2.27. The molecule has 5 heteroatoms. The Kier molecular flexibility index (Phi) is 4.92. The highest BCUT2D eigenvalue weighted by Crippen LogP contribution is 2.34. The fourth-order valence-corrected chi connectivity index (χ4v) is 3.82. The van der Waals surface area contributed by atoms with Gasteiger partial charge in [0.2, 0.25) is 0 Å². The first-order valence-electron chi connectivity index (χ1n) is 8.76. The third-order valence-corrected chi connectivity index (χ3v) is 5.12. The number of likely N-dealkylation sites (N-methyl/N-ethyl adjacent to an activating group) is 1. The van der Waals surface area contributed by atoms with E-state index in [9.17, 15) is 4.79 Å². The lowest BCUT2D eigenvalue weighted by Crippen LogP contribution is -2.30. The largest absolute Gasteiger partial charge is 0.465 e. The van der Waals surface area contributed by atoms with Gasteiger partial charge in [0, 0.05) is 37.1 Å². The number of ether oxygens (including phenoxy) is 1. The number of hydrogen-bond donors (Lipinski definition) is 1. The van der Waals surface area contributed by atoms with Gasteiger partial charge in [-0.15, -0.1) is 0 Å². The zero-order valence-corrected chi connectivity index (χ0v) is 14.9. The van der Waals surface area contributed by atoms with E-state index < -0.39 is 0 Å². The van der Waals surface area contributed by atoms with Gasteiger partial charge in [0.25, 0.3) is 0 Å². The maximum absolute atomic E-state index is 12.4. The number of aromatic nitrogens is 1. The molecule has 3 rings (SSSR count). The maximum Gasteiger partial charge on any atom is 0.340 e. The SMILES string of the molecule is CCN1CCc2c(c3ccc(C)c(C(=O)OC)c3n2CCCN)C1. The minimum absolute atomic E-state index is 0.255. The number of methoxy groups -OCH3 is 1. The Morgan fingerprint density at radius 2 is 2.17 bits per heavy atom. The Hall–Kier alpha value is -1.85. The van der Waals surface area contributed by atoms with Crippen LogP contribution in [-0.2, 0) is 24.2 Å². The lowest BCUT2D eigenvalue weighted by atomic mass is 10.0. The van der Waals surface area contributed by atoms with Crippen molar-refractivity contribution in [3.05, 3.63) is 34.5 Å². The van der Waals surface area contributed by atoms with Crippen molar-refractivity contribution in [2.24, 2.45) is 5.73 Å². The zero-order valence-electron chi connectivity index (χ0n) is 14.9. The maximum atomic E-state index is 12.4. The summed E-state index contributed by atoms with van der Waals surface area (Å²) in [5.74, 6) is -0.255. The summed E-state index contributed by atoms with van der Waals surface area (Å²) in [5, 5.41) is 1.19. The summed E-state index contributed by atoms with van der Waals surface area (Å²) in [6.45, 7) is 8.73. The number of fused-ring (bicyclic) bond motifs is 3. The molecule has 5 nitrogen and oxygen atoms in total. The van der Waals surface area contributed by atoms with Crippen molar-refractivity contribution >= 4 is 16.9 Å². The molecular formula is C19H27N3O2. The molecule has 0 bridgehead atoms. The lowest BCUT2D eigenvalue weighted by Gasteiger charge is -2.26. The topological polar surface area (TPSA) is 60.5 Å². The van der Waals surface area contributed by atoms with Crippen molar-refractivity contribution in [2.45, 2.75) is 39.8 Å². The summed E-state index contributed by atoms with van der Waals surface area (Å²) >= 11 is 0. The van der Waals surface area contributed by atoms with Gasteiger partial charge < -0.3 is 15.0 Å². The van der Waals surface area contributed by atoms with E-state index in [0.29, 0.717) is 12.1 Å². The number of hydrogen-bond acceptors (Lipinski definition) is 4. The quantitative estimate of drug-likeness (QED) is 0.856. The molecule has 2 aromatic rings. The predicted octanol–water partition coefficient (Wildman–Crippen LogP) is 2.46. The van der Waals surface area contributed by atoms with Gasteiger partial charge in [0.15, 0.2) is 0 Å². The summed E-state index contributed by atoms with van der Waals surface area (Å²) in [6, 6.07) is 4.20. The number of esters is 1. The van der Waals surface area contributed by atoms with Gasteiger partial charge in [-0.05, 0) is 37.6 Å². The monoisotopic (exact) mass is 329 g/mol. The van der Waals surface area contributed by atoms with Gasteiger partial charge in [-0.2, -0.15) is 0 Å². The zero-order chi connectivity index (χ0) is 17.3. The molecule has 0 aliphatic carbocycles. The summed E-state index contributed by atoms with van der Waals surface area (Å²) in [4.78, 5) is 14.9. The fraction of sp³-hybridized carbons (Fsp3) is 0.526. The minimum atomic E-state index is -0.255. The predicted molar refractivity (Wildman–Crippen MR) is 96.3 cm³/mol. The number of rotatable bonds is 5. The Morgan fingerprint density at radius 3 is 2.83 bits per heavy atom. The number of carbonyl (C=O) groups is 1. The second kappa shape index (κ2) is 6.95. The van der Waals surface area contributed by atoms with Crippen LogP contribution in [0.15, 0.2) is 12.1 Å². The van der Waals surface area contributed by atoms with Crippen LogP contribution in [0.25, 0.3) is 10.9 Å². The highest BCUT2D eigenvalue weighted by Gasteiger charge is 2.27. The number of aryl methyl sites for hydroxylation is 2. The number of carbonyl (C=O) groups excluding carboxylic acids is 1. The smallest absolute Gasteiger partial charge is 0.340 e. The van der Waals surface area contributed by atoms with E-state index in [0.717, 1.165) is 50.1 Å². The fourth-order valence-electron chi connectivity index (χ4n) is 3.82. The number of nitrogens with zero attached hydrogens (tertiary/aromatic N) is 2. The first kappa shape index (κ1) is 17.0. The van der Waals surface area contributed by atoms with E-state index in [1.165, 1.54) is 23.8 Å². The molecule has 24 heavy (non-hydrogen) atoms. The molecule has 0 saturated heterocycles. The molecule has 1 aromatic heterocycles. The highest BCUT2D eigenvalue weighted by molar-refractivity contribution is 6.06. The molecule has 1 aliphatic rings. The van der Waals surface area contributed by atoms with Gasteiger partial charge in [0.1, 0.15) is 0 Å². The average Bonchev–Trinajstić information content (AvgIpc) is 2.91. The van der Waals surface area contributed by atoms with E-state index in [-0.39, 0.29) is 5.97 Å². The summed E-state index contributed by atoms with van der Waals surface area (Å²) in [6.07, 6.45) is 1.92. The second-order valence-corrected chi connectivity index (χ2v) is 6.48. The van der Waals surface area contributed by atoms with Crippen LogP contribution < -0.4 is 5.73 Å². The van der Waals surface area contributed by atoms with Crippen molar-refractivity contribution in [1.82, 2.24) is 9.47 Å². The van der Waals surface area contributed by atoms with Gasteiger partial charge in [-0.1, -0.05) is 19.1 Å². The van der Waals surface area contributed by atoms with Crippen molar-refractivity contribution in [1.29, 1.82) is 0 Å². The number of benzene rings is 1. The lowest BCUT2D eigenvalue weighted by molar-refractivity contribution is 0.0601. The molecule has 0 fully saturated rings. The van der Waals surface area contributed by atoms with Crippen molar-refractivity contribution in [3.8, 4) is 0 Å².